The molecule has 0 saturated carbocycles. The Bertz CT molecular complexity index is 1800. The van der Waals surface area contributed by atoms with E-state index in [1.807, 2.05) is 30.3 Å². The highest BCUT2D eigenvalue weighted by atomic mass is 32.1. The number of carbonyl (C=O) groups excluding carboxylic acids is 1. The molecule has 1 atom stereocenters. The third-order valence-corrected chi connectivity index (χ3v) is 7.17. The number of hydrogen-bond acceptors (Lipinski definition) is 9. The van der Waals surface area contributed by atoms with Crippen LogP contribution in [0, 0.1) is 10.1 Å². The molecule has 0 spiro atoms. The summed E-state index contributed by atoms with van der Waals surface area (Å²) in [5, 5.41) is 11.3. The highest BCUT2D eigenvalue weighted by Crippen LogP contribution is 2.35. The molecule has 0 aliphatic carbocycles. The van der Waals surface area contributed by atoms with E-state index in [1.54, 1.807) is 32.1 Å². The Morgan fingerprint density at radius 2 is 1.97 bits per heavy atom. The number of benzene rings is 2. The number of fused-ring (bicyclic) bond motifs is 1. The summed E-state index contributed by atoms with van der Waals surface area (Å²) in [5.41, 5.74) is 1.50. The average Bonchev–Trinajstić information content (AvgIpc) is 3.52. The number of ether oxygens (including phenoxy) is 2. The Kier molecular flexibility index (Phi) is 6.99. The second kappa shape index (κ2) is 10.5. The van der Waals surface area contributed by atoms with Crippen molar-refractivity contribution in [3.63, 3.8) is 0 Å². The number of nitro groups is 1. The van der Waals surface area contributed by atoms with E-state index in [0.29, 0.717) is 43.4 Å². The highest BCUT2D eigenvalue weighted by Gasteiger charge is 2.33. The van der Waals surface area contributed by atoms with Crippen molar-refractivity contribution >= 4 is 29.1 Å². The monoisotopic (exact) mass is 545 g/mol. The maximum atomic E-state index is 13.7. The minimum Gasteiger partial charge on any atom is -0.496 e. The lowest BCUT2D eigenvalue weighted by molar-refractivity contribution is -0.384. The van der Waals surface area contributed by atoms with Gasteiger partial charge in [-0.05, 0) is 37.6 Å². The van der Waals surface area contributed by atoms with Crippen LogP contribution in [0.3, 0.4) is 0 Å². The lowest BCUT2D eigenvalue weighted by Gasteiger charge is -2.24. The Hall–Kier alpha value is -4.77. The summed E-state index contributed by atoms with van der Waals surface area (Å²) in [5.74, 6) is 0.591. The lowest BCUT2D eigenvalue weighted by Crippen LogP contribution is -2.39. The molecule has 5 rings (SSSR count). The molecule has 0 radical (unpaired) electrons. The molecule has 1 aliphatic heterocycles. The maximum Gasteiger partial charge on any atom is 0.338 e. The molecule has 0 amide bonds. The topological polar surface area (TPSA) is 126 Å². The summed E-state index contributed by atoms with van der Waals surface area (Å²) in [6.07, 6.45) is 1.59. The van der Waals surface area contributed by atoms with Gasteiger partial charge in [-0.2, -0.15) is 0 Å². The Labute approximate surface area is 225 Å². The van der Waals surface area contributed by atoms with Crippen molar-refractivity contribution in [3.05, 3.63) is 113 Å². The summed E-state index contributed by atoms with van der Waals surface area (Å²) >= 11 is 1.17. The van der Waals surface area contributed by atoms with Gasteiger partial charge in [-0.3, -0.25) is 19.5 Å². The van der Waals surface area contributed by atoms with Gasteiger partial charge in [0.1, 0.15) is 17.3 Å². The molecule has 1 unspecified atom stereocenters. The molecule has 2 aromatic heterocycles. The van der Waals surface area contributed by atoms with Gasteiger partial charge in [-0.25, -0.2) is 9.79 Å². The first-order valence-corrected chi connectivity index (χ1v) is 12.8. The smallest absolute Gasteiger partial charge is 0.338 e. The van der Waals surface area contributed by atoms with Gasteiger partial charge in [0.25, 0.3) is 11.2 Å². The minimum atomic E-state index is -0.704. The Morgan fingerprint density at radius 1 is 1.21 bits per heavy atom. The maximum absolute atomic E-state index is 13.7. The van der Waals surface area contributed by atoms with Gasteiger partial charge in [-0.15, -0.1) is 0 Å². The number of methoxy groups -OCH3 is 1. The first-order valence-electron chi connectivity index (χ1n) is 12.0. The van der Waals surface area contributed by atoms with Crippen LogP contribution >= 0.6 is 11.3 Å². The number of hydrogen-bond donors (Lipinski definition) is 0. The van der Waals surface area contributed by atoms with Gasteiger partial charge < -0.3 is 13.9 Å². The molecule has 4 aromatic rings. The number of thiazole rings is 1. The van der Waals surface area contributed by atoms with Crippen LogP contribution in [0.15, 0.2) is 86.1 Å². The summed E-state index contributed by atoms with van der Waals surface area (Å²) in [7, 11) is 1.46. The molecule has 11 heteroatoms. The van der Waals surface area contributed by atoms with E-state index in [-0.39, 0.29) is 17.9 Å². The molecule has 10 nitrogen and oxygen atoms in total. The minimum absolute atomic E-state index is 0.106. The summed E-state index contributed by atoms with van der Waals surface area (Å²) < 4.78 is 18.4. The largest absolute Gasteiger partial charge is 0.496 e. The van der Waals surface area contributed by atoms with Crippen LogP contribution in [0.2, 0.25) is 0 Å². The summed E-state index contributed by atoms with van der Waals surface area (Å²) in [6.45, 7) is 3.64. The lowest BCUT2D eigenvalue weighted by atomic mass is 9.96. The molecule has 0 saturated heterocycles. The van der Waals surface area contributed by atoms with Crippen LogP contribution < -0.4 is 19.6 Å². The average molecular weight is 546 g/mol. The first-order chi connectivity index (χ1) is 18.8. The fourth-order valence-electron chi connectivity index (χ4n) is 4.45. The zero-order chi connectivity index (χ0) is 27.7. The quantitative estimate of drug-likeness (QED) is 0.195. The van der Waals surface area contributed by atoms with E-state index in [1.165, 1.54) is 41.2 Å². The molecule has 39 heavy (non-hydrogen) atoms. The van der Waals surface area contributed by atoms with Crippen molar-refractivity contribution in [3.8, 4) is 17.1 Å². The number of aromatic nitrogens is 1. The van der Waals surface area contributed by atoms with E-state index in [0.717, 1.165) is 5.56 Å². The summed E-state index contributed by atoms with van der Waals surface area (Å²) in [6, 6.07) is 16.1. The van der Waals surface area contributed by atoms with Crippen LogP contribution in [-0.4, -0.2) is 29.2 Å². The van der Waals surface area contributed by atoms with Gasteiger partial charge in [0, 0.05) is 18.2 Å². The molecule has 198 valence electrons. The van der Waals surface area contributed by atoms with E-state index >= 15 is 0 Å². The standard InChI is InChI=1S/C28H23N3O7S/c1-4-37-27(33)24-16(2)29-28-30(25(24)17-8-6-5-7-9-17)26(32)23(39-28)15-19-11-13-22(38-19)20-14-18(31(34)35)10-12-21(20)36-3/h5-15,25H,4H2,1-3H3/b23-15+. The Morgan fingerprint density at radius 3 is 2.67 bits per heavy atom. The van der Waals surface area contributed by atoms with Crippen LogP contribution in [0.1, 0.15) is 31.2 Å². The molecule has 3 heterocycles. The number of nitro benzene ring substituents is 1. The number of non-ortho nitro benzene ring substituents is 1. The third kappa shape index (κ3) is 4.79. The predicted octanol–water partition coefficient (Wildman–Crippen LogP) is 3.98. The van der Waals surface area contributed by atoms with Gasteiger partial charge in [-0.1, -0.05) is 41.7 Å². The van der Waals surface area contributed by atoms with E-state index < -0.39 is 16.9 Å². The van der Waals surface area contributed by atoms with Crippen LogP contribution in [0.4, 0.5) is 5.69 Å². The fourth-order valence-corrected chi connectivity index (χ4v) is 5.48. The Balaban J connectivity index is 1.62. The molecular weight excluding hydrogens is 522 g/mol. The highest BCUT2D eigenvalue weighted by molar-refractivity contribution is 7.07. The zero-order valence-electron chi connectivity index (χ0n) is 21.2. The number of esters is 1. The van der Waals surface area contributed by atoms with Gasteiger partial charge >= 0.3 is 5.97 Å². The molecule has 0 N–H and O–H groups in total. The van der Waals surface area contributed by atoms with Gasteiger partial charge in [0.05, 0.1) is 46.0 Å². The molecule has 2 aromatic carbocycles. The van der Waals surface area contributed by atoms with E-state index in [9.17, 15) is 19.7 Å². The molecule has 1 aliphatic rings. The SMILES string of the molecule is CCOC(=O)C1=C(C)N=c2s/c(=C/c3ccc(-c4cc([N+](=O)[O-])ccc4OC)o3)c(=O)n2C1c1ccccc1. The van der Waals surface area contributed by atoms with Crippen LogP contribution in [0.5, 0.6) is 5.75 Å². The fraction of sp³-hybridized carbons (Fsp3) is 0.179. The number of allylic oxidation sites excluding steroid dienone is 1. The summed E-state index contributed by atoms with van der Waals surface area (Å²) in [4.78, 5) is 42.4. The van der Waals surface area contributed by atoms with Crippen molar-refractivity contribution < 1.29 is 23.6 Å². The van der Waals surface area contributed by atoms with Crippen LogP contribution in [0.25, 0.3) is 17.4 Å². The van der Waals surface area contributed by atoms with Crippen molar-refractivity contribution in [1.82, 2.24) is 4.57 Å². The predicted molar refractivity (Wildman–Crippen MR) is 144 cm³/mol. The van der Waals surface area contributed by atoms with Crippen molar-refractivity contribution in [2.24, 2.45) is 4.99 Å². The zero-order valence-corrected chi connectivity index (χ0v) is 22.1. The molecule has 0 bridgehead atoms. The number of carbonyl (C=O) groups is 1. The number of rotatable bonds is 7. The van der Waals surface area contributed by atoms with E-state index in [2.05, 4.69) is 4.99 Å². The van der Waals surface area contributed by atoms with Gasteiger partial charge in [0.2, 0.25) is 0 Å². The van der Waals surface area contributed by atoms with Crippen LogP contribution in [-0.2, 0) is 9.53 Å². The second-order valence-electron chi connectivity index (χ2n) is 8.56. The van der Waals surface area contributed by atoms with E-state index in [4.69, 9.17) is 13.9 Å². The number of furan rings is 1. The first kappa shape index (κ1) is 25.9. The van der Waals surface area contributed by atoms with Gasteiger partial charge in [0.15, 0.2) is 4.80 Å². The third-order valence-electron chi connectivity index (χ3n) is 6.19. The van der Waals surface area contributed by atoms with Crippen molar-refractivity contribution in [2.75, 3.05) is 13.7 Å². The normalized spacial score (nSPS) is 15.1. The van der Waals surface area contributed by atoms with Crippen molar-refractivity contribution in [2.45, 2.75) is 19.9 Å². The second-order valence-corrected chi connectivity index (χ2v) is 9.57. The molecule has 0 fully saturated rings. The van der Waals surface area contributed by atoms with Crippen molar-refractivity contribution in [1.29, 1.82) is 0 Å². The molecular formula is C28H23N3O7S. The number of nitrogens with zero attached hydrogens (tertiary/aromatic N) is 3.